The molecule has 0 aromatic carbocycles. The van der Waals surface area contributed by atoms with Gasteiger partial charge in [-0.1, -0.05) is 32.1 Å². The van der Waals surface area contributed by atoms with Gasteiger partial charge in [0.1, 0.15) is 0 Å². The van der Waals surface area contributed by atoms with Crippen LogP contribution in [0.3, 0.4) is 0 Å². The van der Waals surface area contributed by atoms with Crippen molar-refractivity contribution in [3.05, 3.63) is 42.0 Å². The number of aromatic nitrogens is 4. The average molecular weight is 378 g/mol. The molecule has 1 aliphatic rings. The summed E-state index contributed by atoms with van der Waals surface area (Å²) >= 11 is 0. The molecule has 142 valence electrons. The largest absolute Gasteiger partial charge is 0.293 e. The molecule has 1 fully saturated rings. The molecule has 1 unspecified atom stereocenters. The Morgan fingerprint density at radius 2 is 2.15 bits per heavy atom. The number of pyridine rings is 1. The van der Waals surface area contributed by atoms with Crippen LogP contribution < -0.4 is 0 Å². The molecule has 1 aliphatic heterocycles. The molecule has 0 saturated carbocycles. The first-order valence-corrected chi connectivity index (χ1v) is 10.7. The zero-order valence-electron chi connectivity index (χ0n) is 15.7. The fourth-order valence-corrected chi connectivity index (χ4v) is 5.12. The fraction of sp³-hybridized carbons (Fsp3) is 0.611. The summed E-state index contributed by atoms with van der Waals surface area (Å²) in [5, 5.41) is 8.50. The highest BCUT2D eigenvalue weighted by Crippen LogP contribution is 2.24. The lowest BCUT2D eigenvalue weighted by molar-refractivity contribution is 0.139. The number of hydrogen-bond acceptors (Lipinski definition) is 6. The highest BCUT2D eigenvalue weighted by Gasteiger charge is 2.34. The minimum atomic E-state index is -2.91. The van der Waals surface area contributed by atoms with E-state index < -0.39 is 9.84 Å². The summed E-state index contributed by atoms with van der Waals surface area (Å²) < 4.78 is 25.6. The van der Waals surface area contributed by atoms with Crippen LogP contribution in [0.15, 0.2) is 30.7 Å². The molecule has 3 rings (SSSR count). The standard InChI is InChI=1S/C18H27N5O2S/c1-18(2,3)14-22(17-6-8-26(24,25)13-17)11-16-12-23(21-20-16)10-15-5-4-7-19-9-15/h4-5,7,9,12,17H,6,8,10-11,13-14H2,1-3H3. The quantitative estimate of drug-likeness (QED) is 0.763. The summed E-state index contributed by atoms with van der Waals surface area (Å²) in [6.45, 7) is 8.57. The maximum Gasteiger partial charge on any atom is 0.151 e. The van der Waals surface area contributed by atoms with E-state index in [0.29, 0.717) is 19.5 Å². The molecule has 3 heterocycles. The topological polar surface area (TPSA) is 81.0 Å². The Morgan fingerprint density at radius 1 is 1.35 bits per heavy atom. The van der Waals surface area contributed by atoms with E-state index in [0.717, 1.165) is 17.8 Å². The summed E-state index contributed by atoms with van der Waals surface area (Å²) in [5.74, 6) is 0.527. The summed E-state index contributed by atoms with van der Waals surface area (Å²) in [5.41, 5.74) is 2.01. The predicted molar refractivity (Wildman–Crippen MR) is 100 cm³/mol. The Balaban J connectivity index is 1.70. The Kier molecular flexibility index (Phi) is 5.43. The van der Waals surface area contributed by atoms with Gasteiger partial charge in [0, 0.05) is 31.5 Å². The van der Waals surface area contributed by atoms with E-state index in [4.69, 9.17) is 0 Å². The van der Waals surface area contributed by atoms with E-state index in [-0.39, 0.29) is 23.0 Å². The van der Waals surface area contributed by atoms with Crippen molar-refractivity contribution in [1.82, 2.24) is 24.9 Å². The highest BCUT2D eigenvalue weighted by atomic mass is 32.2. The van der Waals surface area contributed by atoms with Crippen molar-refractivity contribution in [2.75, 3.05) is 18.1 Å². The van der Waals surface area contributed by atoms with Crippen LogP contribution in [-0.2, 0) is 22.9 Å². The summed E-state index contributed by atoms with van der Waals surface area (Å²) in [6.07, 6.45) is 6.20. The molecule has 1 atom stereocenters. The van der Waals surface area contributed by atoms with E-state index in [2.05, 4.69) is 41.0 Å². The van der Waals surface area contributed by atoms with Gasteiger partial charge in [-0.25, -0.2) is 13.1 Å². The first-order valence-electron chi connectivity index (χ1n) is 8.93. The SMILES string of the molecule is CC(C)(C)CN(Cc1cn(Cc2cccnc2)nn1)C1CCS(=O)(=O)C1. The van der Waals surface area contributed by atoms with E-state index >= 15 is 0 Å². The highest BCUT2D eigenvalue weighted by molar-refractivity contribution is 7.91. The molecule has 0 bridgehead atoms. The van der Waals surface area contributed by atoms with Gasteiger partial charge in [-0.3, -0.25) is 9.88 Å². The Morgan fingerprint density at radius 3 is 2.77 bits per heavy atom. The maximum atomic E-state index is 11.9. The monoisotopic (exact) mass is 377 g/mol. The van der Waals surface area contributed by atoms with E-state index in [9.17, 15) is 8.42 Å². The second-order valence-electron chi connectivity index (χ2n) is 8.29. The van der Waals surface area contributed by atoms with Crippen LogP contribution in [0.2, 0.25) is 0 Å². The molecule has 0 spiro atoms. The van der Waals surface area contributed by atoms with Crippen molar-refractivity contribution in [2.24, 2.45) is 5.41 Å². The summed E-state index contributed by atoms with van der Waals surface area (Å²) in [7, 11) is -2.91. The van der Waals surface area contributed by atoms with E-state index in [1.165, 1.54) is 0 Å². The van der Waals surface area contributed by atoms with Crippen LogP contribution in [0.5, 0.6) is 0 Å². The second-order valence-corrected chi connectivity index (χ2v) is 10.5. The fourth-order valence-electron chi connectivity index (χ4n) is 3.36. The maximum absolute atomic E-state index is 11.9. The van der Waals surface area contributed by atoms with E-state index in [1.807, 2.05) is 24.5 Å². The van der Waals surface area contributed by atoms with Crippen LogP contribution in [0.25, 0.3) is 0 Å². The van der Waals surface area contributed by atoms with Crippen LogP contribution in [-0.4, -0.2) is 57.4 Å². The minimum Gasteiger partial charge on any atom is -0.293 e. The number of sulfone groups is 1. The Hall–Kier alpha value is -1.80. The van der Waals surface area contributed by atoms with Gasteiger partial charge in [0.15, 0.2) is 9.84 Å². The van der Waals surface area contributed by atoms with Gasteiger partial charge in [-0.05, 0) is 23.5 Å². The minimum absolute atomic E-state index is 0.0581. The molecule has 0 aliphatic carbocycles. The van der Waals surface area contributed by atoms with Gasteiger partial charge in [-0.15, -0.1) is 5.10 Å². The predicted octanol–water partition coefficient (Wildman–Crippen LogP) is 1.76. The number of hydrogen-bond donors (Lipinski definition) is 0. The lowest BCUT2D eigenvalue weighted by Gasteiger charge is -2.33. The average Bonchev–Trinajstić information content (AvgIpc) is 3.12. The van der Waals surface area contributed by atoms with Crippen molar-refractivity contribution in [1.29, 1.82) is 0 Å². The molecule has 26 heavy (non-hydrogen) atoms. The third-order valence-corrected chi connectivity index (χ3v) is 6.17. The summed E-state index contributed by atoms with van der Waals surface area (Å²) in [6, 6.07) is 3.96. The smallest absolute Gasteiger partial charge is 0.151 e. The Bertz CT molecular complexity index is 827. The molecule has 2 aromatic rings. The molecule has 1 saturated heterocycles. The van der Waals surface area contributed by atoms with Crippen LogP contribution in [0, 0.1) is 5.41 Å². The lowest BCUT2D eigenvalue weighted by atomic mass is 9.95. The molecule has 7 nitrogen and oxygen atoms in total. The Labute approximate surface area is 155 Å². The van der Waals surface area contributed by atoms with Crippen molar-refractivity contribution in [2.45, 2.75) is 46.3 Å². The van der Waals surface area contributed by atoms with Crippen LogP contribution >= 0.6 is 0 Å². The number of nitrogens with zero attached hydrogens (tertiary/aromatic N) is 5. The van der Waals surface area contributed by atoms with Gasteiger partial charge in [0.2, 0.25) is 0 Å². The van der Waals surface area contributed by atoms with Gasteiger partial charge < -0.3 is 0 Å². The molecular formula is C18H27N5O2S. The van der Waals surface area contributed by atoms with Crippen molar-refractivity contribution >= 4 is 9.84 Å². The van der Waals surface area contributed by atoms with Crippen molar-refractivity contribution in [3.63, 3.8) is 0 Å². The third kappa shape index (κ3) is 5.35. The zero-order valence-corrected chi connectivity index (χ0v) is 16.5. The molecule has 2 aromatic heterocycles. The van der Waals surface area contributed by atoms with Crippen molar-refractivity contribution < 1.29 is 8.42 Å². The molecule has 0 N–H and O–H groups in total. The second kappa shape index (κ2) is 7.44. The lowest BCUT2D eigenvalue weighted by Crippen LogP contribution is -2.41. The zero-order chi connectivity index (χ0) is 18.8. The number of rotatable bonds is 6. The van der Waals surface area contributed by atoms with Gasteiger partial charge in [0.05, 0.1) is 29.9 Å². The first-order chi connectivity index (χ1) is 12.2. The normalized spacial score (nSPS) is 19.9. The molecule has 0 radical (unpaired) electrons. The van der Waals surface area contributed by atoms with Gasteiger partial charge in [-0.2, -0.15) is 0 Å². The first kappa shape index (κ1) is 19.0. The molecule has 0 amide bonds. The van der Waals surface area contributed by atoms with Crippen molar-refractivity contribution in [3.8, 4) is 0 Å². The third-order valence-electron chi connectivity index (χ3n) is 4.42. The van der Waals surface area contributed by atoms with Gasteiger partial charge >= 0.3 is 0 Å². The molecular weight excluding hydrogens is 350 g/mol. The van der Waals surface area contributed by atoms with Crippen LogP contribution in [0.1, 0.15) is 38.4 Å². The van der Waals surface area contributed by atoms with Crippen LogP contribution in [0.4, 0.5) is 0 Å². The van der Waals surface area contributed by atoms with E-state index in [1.54, 1.807) is 10.9 Å². The molecule has 8 heteroatoms. The van der Waals surface area contributed by atoms with Gasteiger partial charge in [0.25, 0.3) is 0 Å². The summed E-state index contributed by atoms with van der Waals surface area (Å²) in [4.78, 5) is 6.37.